The van der Waals surface area contributed by atoms with Gasteiger partial charge in [0.2, 0.25) is 0 Å². The number of methoxy groups -OCH3 is 2. The highest BCUT2D eigenvalue weighted by atomic mass is 35.5. The van der Waals surface area contributed by atoms with Crippen molar-refractivity contribution in [3.05, 3.63) is 22.7 Å². The quantitative estimate of drug-likeness (QED) is 0.878. The lowest BCUT2D eigenvalue weighted by Gasteiger charge is -2.28. The van der Waals surface area contributed by atoms with E-state index in [1.54, 1.807) is 14.2 Å². The van der Waals surface area contributed by atoms with Crippen molar-refractivity contribution in [1.29, 1.82) is 0 Å². The standard InChI is InChI=1S/C15H22ClNO3/c1-19-13-8-7-10(14(16)15(13)20-2)9-17-11-5-3-4-6-12(11)18/h7-8,11-12,17-18H,3-6,9H2,1-2H3/t11-,12-/m1/s1. The second-order valence-corrected chi connectivity index (χ2v) is 5.49. The van der Waals surface area contributed by atoms with Crippen LogP contribution in [0.3, 0.4) is 0 Å². The van der Waals surface area contributed by atoms with E-state index in [0.717, 1.165) is 31.2 Å². The molecule has 1 aliphatic rings. The van der Waals surface area contributed by atoms with Crippen LogP contribution in [0.25, 0.3) is 0 Å². The largest absolute Gasteiger partial charge is 0.493 e. The van der Waals surface area contributed by atoms with Gasteiger partial charge < -0.3 is 19.9 Å². The van der Waals surface area contributed by atoms with Gasteiger partial charge in [-0.05, 0) is 24.5 Å². The molecule has 1 saturated carbocycles. The molecule has 2 atom stereocenters. The van der Waals surface area contributed by atoms with Crippen LogP contribution in [0.15, 0.2) is 12.1 Å². The predicted molar refractivity (Wildman–Crippen MR) is 79.7 cm³/mol. The molecule has 0 bridgehead atoms. The van der Waals surface area contributed by atoms with Gasteiger partial charge in [0.05, 0.1) is 25.3 Å². The third-order valence-electron chi connectivity index (χ3n) is 3.85. The van der Waals surface area contributed by atoms with Gasteiger partial charge in [-0.3, -0.25) is 0 Å². The van der Waals surface area contributed by atoms with Crippen LogP contribution < -0.4 is 14.8 Å². The highest BCUT2D eigenvalue weighted by Gasteiger charge is 2.23. The first kappa shape index (κ1) is 15.4. The van der Waals surface area contributed by atoms with Crippen LogP contribution in [0.2, 0.25) is 5.02 Å². The van der Waals surface area contributed by atoms with E-state index in [4.69, 9.17) is 21.1 Å². The van der Waals surface area contributed by atoms with Crippen molar-refractivity contribution in [1.82, 2.24) is 5.32 Å². The fourth-order valence-electron chi connectivity index (χ4n) is 2.66. The number of aliphatic hydroxyl groups excluding tert-OH is 1. The SMILES string of the molecule is COc1ccc(CN[C@@H]2CCCC[C@H]2O)c(Cl)c1OC. The average molecular weight is 300 g/mol. The van der Waals surface area contributed by atoms with Gasteiger partial charge in [0.25, 0.3) is 0 Å². The normalized spacial score (nSPS) is 22.6. The fourth-order valence-corrected chi connectivity index (χ4v) is 2.96. The molecule has 5 heteroatoms. The maximum Gasteiger partial charge on any atom is 0.179 e. The molecule has 0 spiro atoms. The Bertz CT molecular complexity index is 453. The second kappa shape index (κ2) is 7.16. The molecule has 1 fully saturated rings. The zero-order valence-corrected chi connectivity index (χ0v) is 12.7. The Morgan fingerprint density at radius 3 is 2.65 bits per heavy atom. The lowest BCUT2D eigenvalue weighted by atomic mass is 9.92. The molecule has 1 aromatic carbocycles. The van der Waals surface area contributed by atoms with E-state index in [0.29, 0.717) is 23.1 Å². The van der Waals surface area contributed by atoms with Crippen LogP contribution in [0.1, 0.15) is 31.2 Å². The van der Waals surface area contributed by atoms with E-state index in [1.165, 1.54) is 0 Å². The van der Waals surface area contributed by atoms with Gasteiger partial charge in [-0.2, -0.15) is 0 Å². The van der Waals surface area contributed by atoms with Crippen LogP contribution in [-0.2, 0) is 6.54 Å². The van der Waals surface area contributed by atoms with Crippen molar-refractivity contribution >= 4 is 11.6 Å². The molecule has 4 nitrogen and oxygen atoms in total. The van der Waals surface area contributed by atoms with E-state index >= 15 is 0 Å². The highest BCUT2D eigenvalue weighted by Crippen LogP contribution is 2.37. The highest BCUT2D eigenvalue weighted by molar-refractivity contribution is 6.33. The minimum absolute atomic E-state index is 0.146. The summed E-state index contributed by atoms with van der Waals surface area (Å²) in [5.74, 6) is 1.18. The van der Waals surface area contributed by atoms with Gasteiger partial charge in [-0.25, -0.2) is 0 Å². The van der Waals surface area contributed by atoms with Gasteiger partial charge in [0.1, 0.15) is 0 Å². The maximum absolute atomic E-state index is 9.96. The molecule has 20 heavy (non-hydrogen) atoms. The van der Waals surface area contributed by atoms with Gasteiger partial charge in [-0.15, -0.1) is 0 Å². The molecule has 0 amide bonds. The van der Waals surface area contributed by atoms with Crippen molar-refractivity contribution < 1.29 is 14.6 Å². The van der Waals surface area contributed by atoms with Crippen molar-refractivity contribution in [3.63, 3.8) is 0 Å². The van der Waals surface area contributed by atoms with Crippen LogP contribution in [0, 0.1) is 0 Å². The third-order valence-corrected chi connectivity index (χ3v) is 4.26. The van der Waals surface area contributed by atoms with E-state index < -0.39 is 0 Å². The van der Waals surface area contributed by atoms with Gasteiger partial charge in [-0.1, -0.05) is 30.5 Å². The molecule has 0 heterocycles. The summed E-state index contributed by atoms with van der Waals surface area (Å²) in [6.45, 7) is 0.612. The van der Waals surface area contributed by atoms with Crippen LogP contribution in [0.5, 0.6) is 11.5 Å². The van der Waals surface area contributed by atoms with E-state index in [1.807, 2.05) is 12.1 Å². The Morgan fingerprint density at radius 2 is 2.00 bits per heavy atom. The van der Waals surface area contributed by atoms with Gasteiger partial charge >= 0.3 is 0 Å². The lowest BCUT2D eigenvalue weighted by molar-refractivity contribution is 0.0902. The molecule has 0 radical (unpaired) electrons. The Hall–Kier alpha value is -0.970. The Morgan fingerprint density at radius 1 is 1.25 bits per heavy atom. The number of hydrogen-bond acceptors (Lipinski definition) is 4. The second-order valence-electron chi connectivity index (χ2n) is 5.11. The fraction of sp³-hybridized carbons (Fsp3) is 0.600. The minimum Gasteiger partial charge on any atom is -0.493 e. The summed E-state index contributed by atoms with van der Waals surface area (Å²) < 4.78 is 10.5. The van der Waals surface area contributed by atoms with Gasteiger partial charge in [0, 0.05) is 12.6 Å². The first-order valence-corrected chi connectivity index (χ1v) is 7.36. The third kappa shape index (κ3) is 3.37. The topological polar surface area (TPSA) is 50.7 Å². The van der Waals surface area contributed by atoms with Crippen molar-refractivity contribution in [2.45, 2.75) is 44.4 Å². The first-order valence-electron chi connectivity index (χ1n) is 6.98. The summed E-state index contributed by atoms with van der Waals surface area (Å²) in [4.78, 5) is 0. The molecular formula is C15H22ClNO3. The molecule has 0 aliphatic heterocycles. The monoisotopic (exact) mass is 299 g/mol. The van der Waals surface area contributed by atoms with Crippen LogP contribution >= 0.6 is 11.6 Å². The lowest BCUT2D eigenvalue weighted by Crippen LogP contribution is -2.41. The zero-order valence-electron chi connectivity index (χ0n) is 12.0. The maximum atomic E-state index is 9.96. The number of aliphatic hydroxyl groups is 1. The molecule has 2 N–H and O–H groups in total. The molecular weight excluding hydrogens is 278 g/mol. The molecule has 2 rings (SSSR count). The molecule has 0 saturated heterocycles. The van der Waals surface area contributed by atoms with Gasteiger partial charge in [0.15, 0.2) is 11.5 Å². The zero-order chi connectivity index (χ0) is 14.5. The summed E-state index contributed by atoms with van der Waals surface area (Å²) in [5.41, 5.74) is 0.946. The molecule has 1 aromatic rings. The Labute approximate surface area is 125 Å². The minimum atomic E-state index is -0.261. The molecule has 1 aliphatic carbocycles. The Kier molecular flexibility index (Phi) is 5.52. The number of halogens is 1. The number of hydrogen-bond donors (Lipinski definition) is 2. The van der Waals surface area contributed by atoms with Crippen LogP contribution in [-0.4, -0.2) is 31.5 Å². The Balaban J connectivity index is 2.06. The van der Waals surface area contributed by atoms with Crippen molar-refractivity contribution in [2.75, 3.05) is 14.2 Å². The van der Waals surface area contributed by atoms with Crippen molar-refractivity contribution in [3.8, 4) is 11.5 Å². The number of rotatable bonds is 5. The van der Waals surface area contributed by atoms with Crippen LogP contribution in [0.4, 0.5) is 0 Å². The number of benzene rings is 1. The summed E-state index contributed by atoms with van der Waals surface area (Å²) in [6, 6.07) is 3.91. The molecule has 112 valence electrons. The molecule has 0 unspecified atom stereocenters. The summed E-state index contributed by atoms with van der Waals surface area (Å²) >= 11 is 6.34. The van der Waals surface area contributed by atoms with Crippen molar-refractivity contribution in [2.24, 2.45) is 0 Å². The smallest absolute Gasteiger partial charge is 0.179 e. The molecule has 0 aromatic heterocycles. The number of ether oxygens (including phenoxy) is 2. The summed E-state index contributed by atoms with van der Waals surface area (Å²) in [7, 11) is 3.16. The van der Waals surface area contributed by atoms with E-state index in [2.05, 4.69) is 5.32 Å². The first-order chi connectivity index (χ1) is 9.67. The summed E-state index contributed by atoms with van der Waals surface area (Å²) in [5, 5.41) is 13.9. The number of nitrogens with one attached hydrogen (secondary N) is 1. The van der Waals surface area contributed by atoms with E-state index in [-0.39, 0.29) is 12.1 Å². The van der Waals surface area contributed by atoms with E-state index in [9.17, 15) is 5.11 Å². The average Bonchev–Trinajstić information content (AvgIpc) is 2.47. The predicted octanol–water partition coefficient (Wildman–Crippen LogP) is 2.75. The summed E-state index contributed by atoms with van der Waals surface area (Å²) in [6.07, 6.45) is 3.89.